The number of sulfone groups is 1. The van der Waals surface area contributed by atoms with Gasteiger partial charge in [0.25, 0.3) is 5.91 Å². The van der Waals surface area contributed by atoms with Crippen LogP contribution in [0.2, 0.25) is 5.02 Å². The number of carbonyl (C=O) groups is 1. The molecule has 3 rings (SSSR count). The second-order valence-electron chi connectivity index (χ2n) is 7.26. The number of aryl methyl sites for hydroxylation is 1. The van der Waals surface area contributed by atoms with Crippen LogP contribution in [0.25, 0.3) is 11.5 Å². The molecular formula is C21H22ClN3O4S. The van der Waals surface area contributed by atoms with E-state index in [0.717, 1.165) is 6.26 Å². The van der Waals surface area contributed by atoms with E-state index in [9.17, 15) is 13.2 Å². The SMILES string of the molecule is Cc1ccc(S(C)(=O)=O)cc1C(=O)N(Cc1nnc(-c2ccccc2Cl)o1)C(C)C. The molecule has 0 atom stereocenters. The first-order valence-electron chi connectivity index (χ1n) is 9.27. The first-order chi connectivity index (χ1) is 14.1. The molecule has 0 aliphatic heterocycles. The molecular weight excluding hydrogens is 426 g/mol. The van der Waals surface area contributed by atoms with E-state index in [2.05, 4.69) is 10.2 Å². The van der Waals surface area contributed by atoms with Crippen molar-refractivity contribution in [1.82, 2.24) is 15.1 Å². The third kappa shape index (κ3) is 4.71. The fraction of sp³-hybridized carbons (Fsp3) is 0.286. The smallest absolute Gasteiger partial charge is 0.254 e. The average molecular weight is 448 g/mol. The number of hydrogen-bond acceptors (Lipinski definition) is 6. The fourth-order valence-electron chi connectivity index (χ4n) is 2.91. The van der Waals surface area contributed by atoms with Crippen LogP contribution in [0.1, 0.15) is 35.7 Å². The number of amides is 1. The van der Waals surface area contributed by atoms with E-state index in [1.807, 2.05) is 19.9 Å². The maximum absolute atomic E-state index is 13.2. The summed E-state index contributed by atoms with van der Waals surface area (Å²) >= 11 is 6.18. The molecule has 0 unspecified atom stereocenters. The Hall–Kier alpha value is -2.71. The predicted octanol–water partition coefficient (Wildman–Crippen LogP) is 4.15. The van der Waals surface area contributed by atoms with E-state index < -0.39 is 9.84 Å². The monoisotopic (exact) mass is 447 g/mol. The van der Waals surface area contributed by atoms with Crippen molar-refractivity contribution in [1.29, 1.82) is 0 Å². The van der Waals surface area contributed by atoms with Crippen molar-refractivity contribution in [2.24, 2.45) is 0 Å². The van der Waals surface area contributed by atoms with E-state index in [1.54, 1.807) is 36.1 Å². The summed E-state index contributed by atoms with van der Waals surface area (Å²) in [5, 5.41) is 8.57. The number of benzene rings is 2. The van der Waals surface area contributed by atoms with Crippen LogP contribution in [-0.2, 0) is 16.4 Å². The minimum absolute atomic E-state index is 0.0799. The third-order valence-corrected chi connectivity index (χ3v) is 6.07. The van der Waals surface area contributed by atoms with E-state index >= 15 is 0 Å². The van der Waals surface area contributed by atoms with Gasteiger partial charge in [-0.05, 0) is 50.6 Å². The number of aromatic nitrogens is 2. The molecule has 0 bridgehead atoms. The van der Waals surface area contributed by atoms with Crippen molar-refractivity contribution in [2.75, 3.05) is 6.26 Å². The van der Waals surface area contributed by atoms with Gasteiger partial charge in [-0.2, -0.15) is 0 Å². The van der Waals surface area contributed by atoms with Crippen LogP contribution in [0.5, 0.6) is 0 Å². The van der Waals surface area contributed by atoms with Gasteiger partial charge < -0.3 is 9.32 Å². The van der Waals surface area contributed by atoms with E-state index in [0.29, 0.717) is 21.7 Å². The summed E-state index contributed by atoms with van der Waals surface area (Å²) in [5.41, 5.74) is 1.61. The lowest BCUT2D eigenvalue weighted by atomic mass is 10.1. The lowest BCUT2D eigenvalue weighted by Gasteiger charge is -2.26. The number of hydrogen-bond donors (Lipinski definition) is 0. The Kier molecular flexibility index (Phi) is 6.28. The molecule has 158 valence electrons. The van der Waals surface area contributed by atoms with Crippen molar-refractivity contribution in [3.05, 3.63) is 64.5 Å². The number of rotatable bonds is 6. The molecule has 30 heavy (non-hydrogen) atoms. The molecule has 0 saturated carbocycles. The van der Waals surface area contributed by atoms with Crippen LogP contribution in [0.15, 0.2) is 51.8 Å². The summed E-state index contributed by atoms with van der Waals surface area (Å²) in [5.74, 6) is 0.205. The van der Waals surface area contributed by atoms with Gasteiger partial charge in [0.15, 0.2) is 9.84 Å². The van der Waals surface area contributed by atoms with Crippen molar-refractivity contribution < 1.29 is 17.6 Å². The van der Waals surface area contributed by atoms with Crippen molar-refractivity contribution in [3.8, 4) is 11.5 Å². The minimum atomic E-state index is -3.44. The fourth-order valence-corrected chi connectivity index (χ4v) is 3.78. The maximum atomic E-state index is 13.2. The third-order valence-electron chi connectivity index (χ3n) is 4.63. The predicted molar refractivity (Wildman–Crippen MR) is 114 cm³/mol. The Morgan fingerprint density at radius 1 is 1.17 bits per heavy atom. The van der Waals surface area contributed by atoms with Crippen LogP contribution < -0.4 is 0 Å². The molecule has 2 aromatic carbocycles. The second kappa shape index (κ2) is 8.57. The van der Waals surface area contributed by atoms with E-state index in [4.69, 9.17) is 16.0 Å². The molecule has 0 aliphatic rings. The highest BCUT2D eigenvalue weighted by Crippen LogP contribution is 2.27. The zero-order valence-corrected chi connectivity index (χ0v) is 18.7. The molecule has 3 aromatic rings. The Morgan fingerprint density at radius 3 is 2.50 bits per heavy atom. The largest absolute Gasteiger partial charge is 0.419 e. The zero-order chi connectivity index (χ0) is 22.1. The highest BCUT2D eigenvalue weighted by Gasteiger charge is 2.24. The lowest BCUT2D eigenvalue weighted by molar-refractivity contribution is 0.0671. The van der Waals surface area contributed by atoms with Gasteiger partial charge in [0.2, 0.25) is 11.8 Å². The molecule has 0 spiro atoms. The van der Waals surface area contributed by atoms with Gasteiger partial charge in [-0.15, -0.1) is 10.2 Å². The molecule has 1 aromatic heterocycles. The van der Waals surface area contributed by atoms with Crippen LogP contribution in [-0.4, -0.2) is 41.7 Å². The summed E-state index contributed by atoms with van der Waals surface area (Å²) in [6.45, 7) is 5.56. The number of halogens is 1. The van der Waals surface area contributed by atoms with Gasteiger partial charge in [-0.3, -0.25) is 4.79 Å². The summed E-state index contributed by atoms with van der Waals surface area (Å²) in [6, 6.07) is 11.5. The summed E-state index contributed by atoms with van der Waals surface area (Å²) < 4.78 is 29.5. The first-order valence-corrected chi connectivity index (χ1v) is 11.5. The number of carbonyl (C=O) groups excluding carboxylic acids is 1. The van der Waals surface area contributed by atoms with Crippen LogP contribution in [0, 0.1) is 6.92 Å². The van der Waals surface area contributed by atoms with Crippen molar-refractivity contribution >= 4 is 27.3 Å². The van der Waals surface area contributed by atoms with Gasteiger partial charge in [0, 0.05) is 17.9 Å². The highest BCUT2D eigenvalue weighted by atomic mass is 35.5. The van der Waals surface area contributed by atoms with Crippen molar-refractivity contribution in [2.45, 2.75) is 38.3 Å². The maximum Gasteiger partial charge on any atom is 0.254 e. The lowest BCUT2D eigenvalue weighted by Crippen LogP contribution is -2.37. The van der Waals surface area contributed by atoms with Gasteiger partial charge in [0.1, 0.15) is 0 Å². The summed E-state index contributed by atoms with van der Waals surface area (Å²) in [7, 11) is -3.44. The Balaban J connectivity index is 1.91. The molecule has 0 saturated heterocycles. The minimum Gasteiger partial charge on any atom is -0.419 e. The molecule has 0 fully saturated rings. The van der Waals surface area contributed by atoms with Crippen molar-refractivity contribution in [3.63, 3.8) is 0 Å². The molecule has 7 nitrogen and oxygen atoms in total. The zero-order valence-electron chi connectivity index (χ0n) is 17.1. The molecule has 0 aliphatic carbocycles. The highest BCUT2D eigenvalue weighted by molar-refractivity contribution is 7.90. The Labute approximate surface area is 180 Å². The number of nitrogens with zero attached hydrogens (tertiary/aromatic N) is 3. The second-order valence-corrected chi connectivity index (χ2v) is 9.68. The van der Waals surface area contributed by atoms with Gasteiger partial charge >= 0.3 is 0 Å². The summed E-state index contributed by atoms with van der Waals surface area (Å²) in [6.07, 6.45) is 1.11. The topological polar surface area (TPSA) is 93.4 Å². The van der Waals surface area contributed by atoms with Gasteiger partial charge in [-0.25, -0.2) is 8.42 Å². The average Bonchev–Trinajstić information content (AvgIpc) is 3.13. The summed E-state index contributed by atoms with van der Waals surface area (Å²) in [4.78, 5) is 14.9. The normalized spacial score (nSPS) is 11.7. The van der Waals surface area contributed by atoms with Gasteiger partial charge in [-0.1, -0.05) is 29.8 Å². The van der Waals surface area contributed by atoms with E-state index in [1.165, 1.54) is 12.1 Å². The van der Waals surface area contributed by atoms with Crippen LogP contribution >= 0.6 is 11.6 Å². The molecule has 1 amide bonds. The molecule has 0 radical (unpaired) electrons. The first kappa shape index (κ1) is 22.0. The van der Waals surface area contributed by atoms with Crippen LogP contribution in [0.3, 0.4) is 0 Å². The molecule has 9 heteroatoms. The molecule has 1 heterocycles. The Bertz CT molecular complexity index is 1190. The van der Waals surface area contributed by atoms with Crippen LogP contribution in [0.4, 0.5) is 0 Å². The quantitative estimate of drug-likeness (QED) is 0.563. The molecule has 0 N–H and O–H groups in total. The standard InChI is InChI=1S/C21H22ClN3O4S/c1-13(2)25(21(26)17-11-15(30(4,27)28)10-9-14(17)3)12-19-23-24-20(29-19)16-7-5-6-8-18(16)22/h5-11,13H,12H2,1-4H3. The Morgan fingerprint density at radius 2 is 1.87 bits per heavy atom. The van der Waals surface area contributed by atoms with Gasteiger partial charge in [0.05, 0.1) is 22.0 Å². The van der Waals surface area contributed by atoms with E-state index in [-0.39, 0.29) is 35.2 Å².